The van der Waals surface area contributed by atoms with Gasteiger partial charge in [-0.05, 0) is 45.4 Å². The van der Waals surface area contributed by atoms with Gasteiger partial charge in [0.15, 0.2) is 0 Å². The van der Waals surface area contributed by atoms with Gasteiger partial charge in [0, 0.05) is 5.56 Å². The average molecular weight is 437 g/mol. The van der Waals surface area contributed by atoms with E-state index in [4.69, 9.17) is 23.2 Å². The summed E-state index contributed by atoms with van der Waals surface area (Å²) >= 11 is 0. The molecule has 0 aliphatic heterocycles. The fourth-order valence-corrected chi connectivity index (χ4v) is 7.26. The first-order valence-corrected chi connectivity index (χ1v) is 12.3. The molecule has 1 rings (SSSR count). The minimum absolute atomic E-state index is 0.00704. The monoisotopic (exact) mass is 437 g/mol. The van der Waals surface area contributed by atoms with Crippen molar-refractivity contribution in [2.24, 2.45) is 0 Å². The van der Waals surface area contributed by atoms with Crippen LogP contribution in [0, 0.1) is 0 Å². The molecule has 0 aromatic heterocycles. The molecule has 0 heterocycles. The molecular weight excluding hydrogens is 408 g/mol. The largest absolute Gasteiger partial charge is 0.392 e. The Morgan fingerprint density at radius 1 is 0.893 bits per heavy atom. The first-order valence-electron chi connectivity index (χ1n) is 9.08. The molecule has 0 spiro atoms. The number of benzene rings is 1. The van der Waals surface area contributed by atoms with E-state index in [9.17, 15) is 13.9 Å². The minimum atomic E-state index is -4.09. The molecule has 0 atom stereocenters. The van der Waals surface area contributed by atoms with Gasteiger partial charge in [-0.15, -0.1) is 0 Å². The summed E-state index contributed by atoms with van der Waals surface area (Å²) in [5.41, 5.74) is -0.803. The summed E-state index contributed by atoms with van der Waals surface area (Å²) in [5.74, 6) is -0.659. The average Bonchev–Trinajstić information content (AvgIpc) is 2.66. The summed E-state index contributed by atoms with van der Waals surface area (Å²) in [5, 5.41) is 11.6. The molecule has 0 fully saturated rings. The van der Waals surface area contributed by atoms with Gasteiger partial charge in [-0.25, -0.2) is 0 Å². The van der Waals surface area contributed by atoms with Gasteiger partial charge >= 0.3 is 15.2 Å². The maximum absolute atomic E-state index is 13.4. The van der Waals surface area contributed by atoms with Crippen molar-refractivity contribution in [1.82, 2.24) is 5.32 Å². The van der Waals surface area contributed by atoms with Crippen LogP contribution in [-0.4, -0.2) is 43.0 Å². The van der Waals surface area contributed by atoms with Crippen LogP contribution in [0.3, 0.4) is 0 Å². The van der Waals surface area contributed by atoms with Crippen molar-refractivity contribution in [2.45, 2.75) is 39.8 Å². The lowest BCUT2D eigenvalue weighted by Gasteiger charge is -2.31. The van der Waals surface area contributed by atoms with Gasteiger partial charge in [-0.1, -0.05) is 12.1 Å². The first-order chi connectivity index (χ1) is 13.3. The van der Waals surface area contributed by atoms with E-state index in [2.05, 4.69) is 5.32 Å². The molecule has 11 heteroatoms. The van der Waals surface area contributed by atoms with Crippen LogP contribution in [0.4, 0.5) is 0 Å². The van der Waals surface area contributed by atoms with Crippen molar-refractivity contribution in [1.29, 1.82) is 0 Å². The number of carbonyl (C=O) groups excluding carboxylic acids is 1. The zero-order valence-electron chi connectivity index (χ0n) is 16.6. The van der Waals surface area contributed by atoms with Gasteiger partial charge in [0.05, 0.1) is 33.0 Å². The van der Waals surface area contributed by atoms with Crippen LogP contribution in [0.2, 0.25) is 0 Å². The Labute approximate surface area is 165 Å². The van der Waals surface area contributed by atoms with Crippen LogP contribution in [0.15, 0.2) is 24.3 Å². The third kappa shape index (κ3) is 6.49. The lowest BCUT2D eigenvalue weighted by Crippen LogP contribution is -2.37. The maximum atomic E-state index is 13.4. The van der Waals surface area contributed by atoms with E-state index >= 15 is 0 Å². The summed E-state index contributed by atoms with van der Waals surface area (Å²) in [6, 6.07) is 6.10. The van der Waals surface area contributed by atoms with Crippen molar-refractivity contribution in [2.75, 3.05) is 26.4 Å². The Kier molecular flexibility index (Phi) is 10.6. The van der Waals surface area contributed by atoms with Crippen LogP contribution in [0.5, 0.6) is 0 Å². The quantitative estimate of drug-likeness (QED) is 0.448. The van der Waals surface area contributed by atoms with Crippen LogP contribution < -0.4 is 5.32 Å². The second kappa shape index (κ2) is 11.8. The third-order valence-corrected chi connectivity index (χ3v) is 9.12. The molecule has 0 bridgehead atoms. The molecule has 0 saturated heterocycles. The van der Waals surface area contributed by atoms with E-state index in [-0.39, 0.29) is 38.6 Å². The number of hydrogen-bond acceptors (Lipinski definition) is 8. The highest BCUT2D eigenvalue weighted by molar-refractivity contribution is 7.72. The molecular formula is C17H29NO8P2. The van der Waals surface area contributed by atoms with E-state index in [1.165, 1.54) is 12.1 Å². The van der Waals surface area contributed by atoms with E-state index in [0.29, 0.717) is 5.56 Å². The predicted molar refractivity (Wildman–Crippen MR) is 105 cm³/mol. The van der Waals surface area contributed by atoms with Crippen molar-refractivity contribution in [3.05, 3.63) is 35.4 Å². The molecule has 9 nitrogen and oxygen atoms in total. The van der Waals surface area contributed by atoms with Crippen molar-refractivity contribution < 1.29 is 37.1 Å². The second-order valence-corrected chi connectivity index (χ2v) is 10.1. The van der Waals surface area contributed by atoms with Crippen LogP contribution in [-0.2, 0) is 33.8 Å². The van der Waals surface area contributed by atoms with Crippen LogP contribution >= 0.6 is 15.2 Å². The van der Waals surface area contributed by atoms with Crippen molar-refractivity contribution in [3.8, 4) is 0 Å². The Bertz CT molecular complexity index is 660. The third-order valence-electron chi connectivity index (χ3n) is 3.49. The maximum Gasteiger partial charge on any atom is 0.365 e. The summed E-state index contributed by atoms with van der Waals surface area (Å²) in [6.07, 6.45) is 0. The highest BCUT2D eigenvalue weighted by Crippen LogP contribution is 2.69. The fraction of sp³-hybridized carbons (Fsp3) is 0.588. The van der Waals surface area contributed by atoms with E-state index in [1.807, 2.05) is 0 Å². The molecule has 28 heavy (non-hydrogen) atoms. The number of aliphatic hydroxyl groups is 1. The molecule has 160 valence electrons. The Morgan fingerprint density at radius 3 is 1.61 bits per heavy atom. The van der Waals surface area contributed by atoms with E-state index < -0.39 is 26.6 Å². The zero-order chi connectivity index (χ0) is 21.2. The van der Waals surface area contributed by atoms with Crippen molar-refractivity contribution >= 4 is 21.1 Å². The smallest absolute Gasteiger partial charge is 0.365 e. The highest BCUT2D eigenvalue weighted by Gasteiger charge is 2.52. The summed E-state index contributed by atoms with van der Waals surface area (Å²) in [7, 11) is -8.17. The number of amides is 1. The Balaban J connectivity index is 3.33. The Morgan fingerprint density at radius 2 is 1.29 bits per heavy atom. The van der Waals surface area contributed by atoms with E-state index in [1.54, 1.807) is 39.8 Å². The molecule has 1 aromatic rings. The number of carbonyl (C=O) groups is 1. The highest BCUT2D eigenvalue weighted by atomic mass is 31.2. The van der Waals surface area contributed by atoms with Crippen LogP contribution in [0.25, 0.3) is 0 Å². The van der Waals surface area contributed by atoms with Gasteiger partial charge < -0.3 is 28.5 Å². The lowest BCUT2D eigenvalue weighted by molar-refractivity contribution is 0.0938. The molecule has 1 amide bonds. The number of aliphatic hydroxyl groups excluding tert-OH is 1. The van der Waals surface area contributed by atoms with Gasteiger partial charge in [0.2, 0.25) is 5.52 Å². The molecule has 0 aliphatic rings. The number of rotatable bonds is 13. The standard InChI is InChI=1S/C17H29NO8P2/c1-5-23-27(21,24-6-2)17(28(22,25-7-3)26-8-4)18-16(20)15-11-9-14(13-19)10-12-15/h9-12,17,19H,5-8,13H2,1-4H3,(H,18,20). The van der Waals surface area contributed by atoms with Gasteiger partial charge in [-0.3, -0.25) is 13.9 Å². The summed E-state index contributed by atoms with van der Waals surface area (Å²) < 4.78 is 47.9. The molecule has 0 saturated carbocycles. The van der Waals surface area contributed by atoms with Gasteiger partial charge in [0.25, 0.3) is 5.91 Å². The molecule has 2 N–H and O–H groups in total. The molecule has 0 unspecified atom stereocenters. The van der Waals surface area contributed by atoms with Gasteiger partial charge in [0.1, 0.15) is 0 Å². The van der Waals surface area contributed by atoms with Crippen LogP contribution in [0.1, 0.15) is 43.6 Å². The summed E-state index contributed by atoms with van der Waals surface area (Å²) in [6.45, 7) is 6.27. The lowest BCUT2D eigenvalue weighted by atomic mass is 10.1. The van der Waals surface area contributed by atoms with Crippen molar-refractivity contribution in [3.63, 3.8) is 0 Å². The fourth-order valence-electron chi connectivity index (χ4n) is 2.37. The normalized spacial score (nSPS) is 12.4. The van der Waals surface area contributed by atoms with Gasteiger partial charge in [-0.2, -0.15) is 0 Å². The number of hydrogen-bond donors (Lipinski definition) is 2. The number of nitrogens with one attached hydrogen (secondary N) is 1. The SMILES string of the molecule is CCOP(=O)(OCC)C(NC(=O)c1ccc(CO)cc1)P(=O)(OCC)OCC. The molecule has 1 aromatic carbocycles. The second-order valence-electron chi connectivity index (χ2n) is 5.45. The minimum Gasteiger partial charge on any atom is -0.392 e. The summed E-state index contributed by atoms with van der Waals surface area (Å²) in [4.78, 5) is 12.7. The zero-order valence-corrected chi connectivity index (χ0v) is 18.4. The first kappa shape index (κ1) is 25.0. The van der Waals surface area contributed by atoms with E-state index in [0.717, 1.165) is 0 Å². The molecule has 0 radical (unpaired) electrons. The predicted octanol–water partition coefficient (Wildman–Crippen LogP) is 3.72. The topological polar surface area (TPSA) is 120 Å². The molecule has 0 aliphatic carbocycles. The Hall–Kier alpha value is -1.05.